The highest BCUT2D eigenvalue weighted by atomic mass is 35.5. The van der Waals surface area contributed by atoms with Gasteiger partial charge in [-0.3, -0.25) is 9.20 Å². The third-order valence-corrected chi connectivity index (χ3v) is 6.05. The van der Waals surface area contributed by atoms with Crippen molar-refractivity contribution in [1.29, 1.82) is 0 Å². The van der Waals surface area contributed by atoms with E-state index in [0.29, 0.717) is 22.1 Å². The van der Waals surface area contributed by atoms with Crippen molar-refractivity contribution in [3.05, 3.63) is 89.3 Å². The SMILES string of the molecule is CB(O)N(c1c(C)cccc1Cl)c1nc2ccc(-c3ccc(C=O)cc3)cc2n2cncc12. The van der Waals surface area contributed by atoms with E-state index in [4.69, 9.17) is 16.6 Å². The summed E-state index contributed by atoms with van der Waals surface area (Å²) in [6.07, 6.45) is 4.30. The Bertz CT molecular complexity index is 1480. The lowest BCUT2D eigenvalue weighted by Crippen LogP contribution is -2.34. The number of rotatable bonds is 5. The standard InChI is InChI=1S/C25H20BClN4O2/c1-16-4-3-5-20(27)24(16)31(26(2)33)25-23-13-28-15-30(23)22-12-19(10-11-21(22)29-25)18-8-6-17(14-32)7-9-18/h3-15,33H,1-2H3. The highest BCUT2D eigenvalue weighted by Gasteiger charge is 2.27. The summed E-state index contributed by atoms with van der Waals surface area (Å²) in [5.74, 6) is 0.564. The van der Waals surface area contributed by atoms with Gasteiger partial charge in [-0.2, -0.15) is 0 Å². The maximum absolute atomic E-state index is 11.0. The van der Waals surface area contributed by atoms with Gasteiger partial charge in [0, 0.05) is 5.56 Å². The smallest absolute Gasteiger partial charge is 0.415 e. The zero-order chi connectivity index (χ0) is 23.1. The first-order valence-electron chi connectivity index (χ1n) is 10.5. The Labute approximate surface area is 196 Å². The van der Waals surface area contributed by atoms with E-state index in [0.717, 1.165) is 39.5 Å². The fourth-order valence-corrected chi connectivity index (χ4v) is 4.46. The first kappa shape index (κ1) is 21.2. The van der Waals surface area contributed by atoms with Gasteiger partial charge >= 0.3 is 7.05 Å². The fraction of sp³-hybridized carbons (Fsp3) is 0.0800. The lowest BCUT2D eigenvalue weighted by atomic mass is 9.83. The van der Waals surface area contributed by atoms with Crippen LogP contribution in [0.1, 0.15) is 15.9 Å². The van der Waals surface area contributed by atoms with E-state index >= 15 is 0 Å². The molecule has 8 heteroatoms. The highest BCUT2D eigenvalue weighted by Crippen LogP contribution is 2.37. The predicted octanol–water partition coefficient (Wildman–Crippen LogP) is 5.57. The van der Waals surface area contributed by atoms with E-state index in [9.17, 15) is 9.82 Å². The Kier molecular flexibility index (Phi) is 5.36. The second-order valence-electron chi connectivity index (χ2n) is 7.93. The zero-order valence-electron chi connectivity index (χ0n) is 18.1. The molecule has 0 amide bonds. The quantitative estimate of drug-likeness (QED) is 0.277. The minimum atomic E-state index is -0.872. The van der Waals surface area contributed by atoms with Crippen LogP contribution in [0, 0.1) is 6.92 Å². The molecule has 162 valence electrons. The lowest BCUT2D eigenvalue weighted by Gasteiger charge is -2.28. The number of aryl methyl sites for hydroxylation is 1. The molecule has 5 aromatic rings. The summed E-state index contributed by atoms with van der Waals surface area (Å²) in [7, 11) is -0.872. The summed E-state index contributed by atoms with van der Waals surface area (Å²) in [5, 5.41) is 11.3. The van der Waals surface area contributed by atoms with E-state index < -0.39 is 7.05 Å². The number of carbonyl (C=O) groups is 1. The van der Waals surface area contributed by atoms with Gasteiger partial charge in [0.1, 0.15) is 17.6 Å². The largest absolute Gasteiger partial charge is 0.432 e. The molecule has 0 saturated heterocycles. The summed E-state index contributed by atoms with van der Waals surface area (Å²) in [6, 6.07) is 19.1. The van der Waals surface area contributed by atoms with Gasteiger partial charge in [0.2, 0.25) is 0 Å². The second-order valence-corrected chi connectivity index (χ2v) is 8.34. The minimum Gasteiger partial charge on any atom is -0.432 e. The molecule has 0 bridgehead atoms. The number of nitrogens with zero attached hydrogens (tertiary/aromatic N) is 4. The summed E-state index contributed by atoms with van der Waals surface area (Å²) < 4.78 is 1.96. The molecule has 0 saturated carbocycles. The molecule has 1 N–H and O–H groups in total. The van der Waals surface area contributed by atoms with Crippen LogP contribution in [0.3, 0.4) is 0 Å². The van der Waals surface area contributed by atoms with E-state index in [1.165, 1.54) is 0 Å². The van der Waals surface area contributed by atoms with E-state index in [1.807, 2.05) is 53.8 Å². The topological polar surface area (TPSA) is 70.7 Å². The van der Waals surface area contributed by atoms with Crippen molar-refractivity contribution in [2.24, 2.45) is 0 Å². The van der Waals surface area contributed by atoms with Gasteiger partial charge in [-0.1, -0.05) is 54.1 Å². The Balaban J connectivity index is 1.72. The van der Waals surface area contributed by atoms with E-state index in [2.05, 4.69) is 4.98 Å². The number of fused-ring (bicyclic) bond motifs is 3. The van der Waals surface area contributed by atoms with Crippen LogP contribution < -0.4 is 4.81 Å². The van der Waals surface area contributed by atoms with Crippen LogP contribution in [0.25, 0.3) is 27.7 Å². The average Bonchev–Trinajstić information content (AvgIpc) is 3.31. The molecule has 0 fully saturated rings. The molecule has 0 aliphatic carbocycles. The number of hydrogen-bond acceptors (Lipinski definition) is 5. The van der Waals surface area contributed by atoms with E-state index in [-0.39, 0.29) is 0 Å². The molecule has 0 radical (unpaired) electrons. The minimum absolute atomic E-state index is 0.532. The second kappa shape index (κ2) is 8.35. The number of imidazole rings is 1. The number of halogens is 1. The molecule has 0 unspecified atom stereocenters. The predicted molar refractivity (Wildman–Crippen MR) is 133 cm³/mol. The van der Waals surface area contributed by atoms with Crippen molar-refractivity contribution >= 4 is 53.0 Å². The lowest BCUT2D eigenvalue weighted by molar-refractivity contribution is 0.112. The normalized spacial score (nSPS) is 11.2. The van der Waals surface area contributed by atoms with Crippen molar-refractivity contribution in [3.63, 3.8) is 0 Å². The number of benzene rings is 3. The van der Waals surface area contributed by atoms with Crippen molar-refractivity contribution in [2.75, 3.05) is 4.81 Å². The van der Waals surface area contributed by atoms with Gasteiger partial charge < -0.3 is 9.83 Å². The Morgan fingerprint density at radius 2 is 1.82 bits per heavy atom. The molecule has 5 rings (SSSR count). The third-order valence-electron chi connectivity index (χ3n) is 5.74. The van der Waals surface area contributed by atoms with Crippen LogP contribution in [0.4, 0.5) is 11.5 Å². The molecule has 0 atom stereocenters. The van der Waals surface area contributed by atoms with Gasteiger partial charge in [0.05, 0.1) is 34.3 Å². The number of para-hydroxylation sites is 1. The third kappa shape index (κ3) is 3.65. The van der Waals surface area contributed by atoms with Gasteiger partial charge in [-0.15, -0.1) is 0 Å². The zero-order valence-corrected chi connectivity index (χ0v) is 18.9. The van der Waals surface area contributed by atoms with E-state index in [1.54, 1.807) is 42.4 Å². The van der Waals surface area contributed by atoms with Crippen molar-refractivity contribution in [3.8, 4) is 11.1 Å². The summed E-state index contributed by atoms with van der Waals surface area (Å²) in [4.78, 5) is 22.0. The van der Waals surface area contributed by atoms with Crippen LogP contribution >= 0.6 is 11.6 Å². The van der Waals surface area contributed by atoms with Gasteiger partial charge in [0.15, 0.2) is 0 Å². The number of carbonyl (C=O) groups excluding carboxylic acids is 1. The number of anilines is 2. The first-order chi connectivity index (χ1) is 16.0. The Hall–Kier alpha value is -3.68. The summed E-state index contributed by atoms with van der Waals surface area (Å²) in [5.41, 5.74) is 6.64. The number of aromatic nitrogens is 3. The molecule has 0 spiro atoms. The molecule has 0 aliphatic heterocycles. The average molecular weight is 455 g/mol. The highest BCUT2D eigenvalue weighted by molar-refractivity contribution is 6.57. The molecule has 33 heavy (non-hydrogen) atoms. The van der Waals surface area contributed by atoms with Crippen LogP contribution in [-0.2, 0) is 0 Å². The van der Waals surface area contributed by atoms with Gasteiger partial charge in [0.25, 0.3) is 0 Å². The Morgan fingerprint density at radius 3 is 2.52 bits per heavy atom. The maximum atomic E-state index is 11.0. The monoisotopic (exact) mass is 454 g/mol. The van der Waals surface area contributed by atoms with Crippen LogP contribution in [0.15, 0.2) is 73.2 Å². The first-order valence-corrected chi connectivity index (χ1v) is 10.9. The number of hydrogen-bond donors (Lipinski definition) is 1. The summed E-state index contributed by atoms with van der Waals surface area (Å²) >= 11 is 6.55. The molecule has 2 heterocycles. The molecule has 0 aliphatic rings. The molecule has 2 aromatic heterocycles. The van der Waals surface area contributed by atoms with Crippen LogP contribution in [0.2, 0.25) is 11.8 Å². The molecular formula is C25H20BClN4O2. The summed E-state index contributed by atoms with van der Waals surface area (Å²) in [6.45, 7) is 3.64. The molecule has 6 nitrogen and oxygen atoms in total. The fourth-order valence-electron chi connectivity index (χ4n) is 4.14. The van der Waals surface area contributed by atoms with Gasteiger partial charge in [-0.25, -0.2) is 9.97 Å². The Morgan fingerprint density at radius 1 is 1.06 bits per heavy atom. The van der Waals surface area contributed by atoms with Crippen molar-refractivity contribution < 1.29 is 9.82 Å². The van der Waals surface area contributed by atoms with Crippen molar-refractivity contribution in [1.82, 2.24) is 14.4 Å². The molecule has 3 aromatic carbocycles. The van der Waals surface area contributed by atoms with Crippen molar-refractivity contribution in [2.45, 2.75) is 13.7 Å². The van der Waals surface area contributed by atoms with Crippen LogP contribution in [0.5, 0.6) is 0 Å². The van der Waals surface area contributed by atoms with Crippen LogP contribution in [-0.4, -0.2) is 32.7 Å². The maximum Gasteiger partial charge on any atom is 0.415 e. The number of aldehydes is 1. The van der Waals surface area contributed by atoms with Gasteiger partial charge in [-0.05, 0) is 48.6 Å². The molecular weight excluding hydrogens is 435 g/mol.